The molecule has 0 aliphatic carbocycles. The van der Waals surface area contributed by atoms with Crippen LogP contribution in [0, 0.1) is 0 Å². The summed E-state index contributed by atoms with van der Waals surface area (Å²) in [5.41, 5.74) is 2.05. The first-order valence-electron chi connectivity index (χ1n) is 6.62. The van der Waals surface area contributed by atoms with E-state index in [0.29, 0.717) is 28.6 Å². The summed E-state index contributed by atoms with van der Waals surface area (Å²) < 4.78 is 21.1. The molecule has 0 amide bonds. The number of benzene rings is 2. The molecule has 0 aliphatic heterocycles. The first-order valence-corrected chi connectivity index (χ1v) is 6.62. The Kier molecular flexibility index (Phi) is 4.88. The maximum absolute atomic E-state index is 11.4. The van der Waals surface area contributed by atoms with Crippen LogP contribution in [-0.2, 0) is 0 Å². The van der Waals surface area contributed by atoms with Crippen LogP contribution in [0.1, 0.15) is 10.4 Å². The highest BCUT2D eigenvalue weighted by Gasteiger charge is 2.14. The van der Waals surface area contributed by atoms with Crippen molar-refractivity contribution in [2.75, 3.05) is 28.4 Å². The minimum Gasteiger partial charge on any atom is -0.493 e. The van der Waals surface area contributed by atoms with Gasteiger partial charge in [-0.15, -0.1) is 0 Å². The smallest absolute Gasteiger partial charge is 0.161 e. The van der Waals surface area contributed by atoms with E-state index in [2.05, 4.69) is 0 Å². The van der Waals surface area contributed by atoms with Gasteiger partial charge >= 0.3 is 0 Å². The maximum Gasteiger partial charge on any atom is 0.161 e. The fourth-order valence-electron chi connectivity index (χ4n) is 2.25. The minimum absolute atomic E-state index is 0.505. The van der Waals surface area contributed by atoms with E-state index in [1.54, 1.807) is 39.5 Å². The summed E-state index contributed by atoms with van der Waals surface area (Å²) in [5.74, 6) is 2.28. The molecule has 0 radical (unpaired) electrons. The van der Waals surface area contributed by atoms with Crippen molar-refractivity contribution in [2.45, 2.75) is 0 Å². The van der Waals surface area contributed by atoms with Crippen molar-refractivity contribution in [2.24, 2.45) is 0 Å². The van der Waals surface area contributed by atoms with E-state index < -0.39 is 0 Å². The summed E-state index contributed by atoms with van der Waals surface area (Å²) in [7, 11) is 6.22. The first-order chi connectivity index (χ1) is 10.7. The van der Waals surface area contributed by atoms with Crippen molar-refractivity contribution in [1.29, 1.82) is 0 Å². The molecule has 116 valence electrons. The Morgan fingerprint density at radius 2 is 1.27 bits per heavy atom. The molecule has 0 aromatic heterocycles. The Morgan fingerprint density at radius 1 is 0.727 bits per heavy atom. The molecule has 2 aromatic carbocycles. The van der Waals surface area contributed by atoms with E-state index in [4.69, 9.17) is 18.9 Å². The summed E-state index contributed by atoms with van der Waals surface area (Å²) in [5, 5.41) is 0. The van der Waals surface area contributed by atoms with Crippen LogP contribution in [-0.4, -0.2) is 34.7 Å². The van der Waals surface area contributed by atoms with Gasteiger partial charge in [-0.05, 0) is 35.4 Å². The summed E-state index contributed by atoms with van der Waals surface area (Å²) in [4.78, 5) is 11.4. The first kappa shape index (κ1) is 15.7. The molecule has 22 heavy (non-hydrogen) atoms. The van der Waals surface area contributed by atoms with Gasteiger partial charge in [0.15, 0.2) is 29.3 Å². The predicted molar refractivity (Wildman–Crippen MR) is 83.5 cm³/mol. The van der Waals surface area contributed by atoms with Gasteiger partial charge in [-0.3, -0.25) is 4.79 Å². The third-order valence-corrected chi connectivity index (χ3v) is 3.38. The molecule has 5 nitrogen and oxygen atoms in total. The van der Waals surface area contributed by atoms with Crippen molar-refractivity contribution in [3.63, 3.8) is 0 Å². The van der Waals surface area contributed by atoms with Gasteiger partial charge in [-0.25, -0.2) is 0 Å². The molecule has 0 bridgehead atoms. The second-order valence-electron chi connectivity index (χ2n) is 4.48. The van der Waals surface area contributed by atoms with Crippen LogP contribution in [0.5, 0.6) is 23.0 Å². The van der Waals surface area contributed by atoms with Gasteiger partial charge in [0.25, 0.3) is 0 Å². The van der Waals surface area contributed by atoms with Crippen molar-refractivity contribution >= 4 is 6.29 Å². The second-order valence-corrected chi connectivity index (χ2v) is 4.48. The Morgan fingerprint density at radius 3 is 1.82 bits per heavy atom. The number of hydrogen-bond acceptors (Lipinski definition) is 5. The molecule has 0 unspecified atom stereocenters. The SMILES string of the molecule is COc1ccc(-c2cc(OC)c(OC)cc2C=O)cc1OC. The van der Waals surface area contributed by atoms with Crippen molar-refractivity contribution in [1.82, 2.24) is 0 Å². The molecule has 0 atom stereocenters. The summed E-state index contributed by atoms with van der Waals surface area (Å²) >= 11 is 0. The minimum atomic E-state index is 0.505. The normalized spacial score (nSPS) is 10.0. The zero-order valence-corrected chi connectivity index (χ0v) is 13.0. The molecule has 0 aliphatic rings. The zero-order chi connectivity index (χ0) is 16.1. The van der Waals surface area contributed by atoms with Crippen LogP contribution in [0.4, 0.5) is 0 Å². The van der Waals surface area contributed by atoms with Gasteiger partial charge in [-0.2, -0.15) is 0 Å². The molecule has 0 spiro atoms. The quantitative estimate of drug-likeness (QED) is 0.767. The van der Waals surface area contributed by atoms with Crippen LogP contribution in [0.3, 0.4) is 0 Å². The molecule has 0 saturated heterocycles. The van der Waals surface area contributed by atoms with Crippen LogP contribution >= 0.6 is 0 Å². The molecule has 0 N–H and O–H groups in total. The molecule has 0 heterocycles. The van der Waals surface area contributed by atoms with Gasteiger partial charge in [0.1, 0.15) is 0 Å². The van der Waals surface area contributed by atoms with Crippen LogP contribution in [0.2, 0.25) is 0 Å². The van der Waals surface area contributed by atoms with E-state index in [-0.39, 0.29) is 0 Å². The monoisotopic (exact) mass is 302 g/mol. The highest BCUT2D eigenvalue weighted by atomic mass is 16.5. The van der Waals surface area contributed by atoms with Gasteiger partial charge < -0.3 is 18.9 Å². The fourth-order valence-corrected chi connectivity index (χ4v) is 2.25. The average Bonchev–Trinajstić information content (AvgIpc) is 2.59. The van der Waals surface area contributed by atoms with E-state index in [0.717, 1.165) is 17.4 Å². The number of methoxy groups -OCH3 is 4. The molecular weight excluding hydrogens is 284 g/mol. The number of carbonyl (C=O) groups is 1. The Hall–Kier alpha value is -2.69. The van der Waals surface area contributed by atoms with E-state index in [1.165, 1.54) is 7.11 Å². The lowest BCUT2D eigenvalue weighted by atomic mass is 9.99. The fraction of sp³-hybridized carbons (Fsp3) is 0.235. The lowest BCUT2D eigenvalue weighted by Crippen LogP contribution is -1.96. The van der Waals surface area contributed by atoms with Gasteiger partial charge in [0, 0.05) is 5.56 Å². The van der Waals surface area contributed by atoms with Crippen molar-refractivity contribution in [3.05, 3.63) is 35.9 Å². The van der Waals surface area contributed by atoms with Gasteiger partial charge in [0.05, 0.1) is 28.4 Å². The highest BCUT2D eigenvalue weighted by Crippen LogP contribution is 2.38. The molecule has 2 aromatic rings. The molecular formula is C17H18O5. The van der Waals surface area contributed by atoms with Gasteiger partial charge in [0.2, 0.25) is 0 Å². The Bertz CT molecular complexity index is 679. The standard InChI is InChI=1S/C17H18O5/c1-19-14-6-5-11(7-15(14)20-2)13-9-17(22-4)16(21-3)8-12(13)10-18/h5-10H,1-4H3. The molecule has 2 rings (SSSR count). The molecule has 5 heteroatoms. The van der Waals surface area contributed by atoms with Crippen LogP contribution in [0.15, 0.2) is 30.3 Å². The molecule has 0 saturated carbocycles. The number of hydrogen-bond donors (Lipinski definition) is 0. The molecule has 0 fully saturated rings. The van der Waals surface area contributed by atoms with Crippen LogP contribution in [0.25, 0.3) is 11.1 Å². The third-order valence-electron chi connectivity index (χ3n) is 3.38. The zero-order valence-electron chi connectivity index (χ0n) is 13.0. The number of ether oxygens (including phenoxy) is 4. The lowest BCUT2D eigenvalue weighted by Gasteiger charge is -2.14. The number of aldehydes is 1. The average molecular weight is 302 g/mol. The lowest BCUT2D eigenvalue weighted by molar-refractivity contribution is 0.112. The summed E-state index contributed by atoms with van der Waals surface area (Å²) in [6.45, 7) is 0. The Balaban J connectivity index is 2.63. The number of rotatable bonds is 6. The predicted octanol–water partition coefficient (Wildman–Crippen LogP) is 3.20. The largest absolute Gasteiger partial charge is 0.493 e. The van der Waals surface area contributed by atoms with Gasteiger partial charge in [-0.1, -0.05) is 6.07 Å². The summed E-state index contributed by atoms with van der Waals surface area (Å²) in [6, 6.07) is 8.88. The van der Waals surface area contributed by atoms with Crippen molar-refractivity contribution in [3.8, 4) is 34.1 Å². The highest BCUT2D eigenvalue weighted by molar-refractivity contribution is 5.90. The second kappa shape index (κ2) is 6.85. The summed E-state index contributed by atoms with van der Waals surface area (Å²) in [6.07, 6.45) is 0.786. The van der Waals surface area contributed by atoms with Crippen LogP contribution < -0.4 is 18.9 Å². The maximum atomic E-state index is 11.4. The van der Waals surface area contributed by atoms with E-state index >= 15 is 0 Å². The van der Waals surface area contributed by atoms with E-state index in [9.17, 15) is 4.79 Å². The van der Waals surface area contributed by atoms with Crippen molar-refractivity contribution < 1.29 is 23.7 Å². The Labute approximate surface area is 129 Å². The topological polar surface area (TPSA) is 54.0 Å². The third kappa shape index (κ3) is 2.83. The number of carbonyl (C=O) groups excluding carboxylic acids is 1. The van der Waals surface area contributed by atoms with E-state index in [1.807, 2.05) is 12.1 Å².